The predicted octanol–water partition coefficient (Wildman–Crippen LogP) is 2.12. The highest BCUT2D eigenvalue weighted by Crippen LogP contribution is 2.12. The quantitative estimate of drug-likeness (QED) is 0.845. The summed E-state index contributed by atoms with van der Waals surface area (Å²) in [6.45, 7) is 1.94. The standard InChI is InChI=1S/C13H16N2O2/c1-3-11(7-8-14)15-13(16)10-5-4-6-12(9-10)17-2/h4-6,9,11H,3,7H2,1-2H3,(H,15,16). The molecule has 0 heterocycles. The average Bonchev–Trinajstić information content (AvgIpc) is 2.38. The van der Waals surface area contributed by atoms with Gasteiger partial charge in [-0.1, -0.05) is 13.0 Å². The number of carbonyl (C=O) groups is 1. The number of ether oxygens (including phenoxy) is 1. The summed E-state index contributed by atoms with van der Waals surface area (Å²) < 4.78 is 5.05. The molecule has 0 aliphatic heterocycles. The molecule has 1 amide bonds. The molecule has 4 heteroatoms. The normalized spacial score (nSPS) is 11.4. The number of amides is 1. The van der Waals surface area contributed by atoms with Gasteiger partial charge in [-0.3, -0.25) is 4.79 Å². The first-order chi connectivity index (χ1) is 8.21. The fraction of sp³-hybridized carbons (Fsp3) is 0.385. The van der Waals surface area contributed by atoms with Crippen molar-refractivity contribution < 1.29 is 9.53 Å². The smallest absolute Gasteiger partial charge is 0.251 e. The fourth-order valence-electron chi connectivity index (χ4n) is 1.44. The number of rotatable bonds is 5. The molecule has 0 saturated carbocycles. The van der Waals surface area contributed by atoms with Gasteiger partial charge in [-0.2, -0.15) is 5.26 Å². The van der Waals surface area contributed by atoms with Crippen molar-refractivity contribution in [2.24, 2.45) is 0 Å². The lowest BCUT2D eigenvalue weighted by molar-refractivity contribution is 0.0936. The maximum atomic E-state index is 11.9. The average molecular weight is 232 g/mol. The van der Waals surface area contributed by atoms with E-state index >= 15 is 0 Å². The first-order valence-corrected chi connectivity index (χ1v) is 5.53. The van der Waals surface area contributed by atoms with Crippen molar-refractivity contribution in [2.45, 2.75) is 25.8 Å². The van der Waals surface area contributed by atoms with Gasteiger partial charge in [0.25, 0.3) is 5.91 Å². The van der Waals surface area contributed by atoms with Gasteiger partial charge in [-0.15, -0.1) is 0 Å². The molecule has 0 saturated heterocycles. The number of carbonyl (C=O) groups excluding carboxylic acids is 1. The van der Waals surface area contributed by atoms with E-state index in [9.17, 15) is 4.79 Å². The van der Waals surface area contributed by atoms with Gasteiger partial charge in [-0.05, 0) is 24.6 Å². The molecule has 90 valence electrons. The summed E-state index contributed by atoms with van der Waals surface area (Å²) in [4.78, 5) is 11.9. The zero-order valence-electron chi connectivity index (χ0n) is 10.1. The van der Waals surface area contributed by atoms with E-state index in [0.29, 0.717) is 17.7 Å². The highest BCUT2D eigenvalue weighted by molar-refractivity contribution is 5.94. The van der Waals surface area contributed by atoms with Gasteiger partial charge >= 0.3 is 0 Å². The van der Waals surface area contributed by atoms with Crippen LogP contribution in [0, 0.1) is 11.3 Å². The number of methoxy groups -OCH3 is 1. The Labute approximate surface area is 101 Å². The lowest BCUT2D eigenvalue weighted by atomic mass is 10.1. The van der Waals surface area contributed by atoms with Gasteiger partial charge in [-0.25, -0.2) is 0 Å². The van der Waals surface area contributed by atoms with Crippen molar-refractivity contribution in [3.05, 3.63) is 29.8 Å². The summed E-state index contributed by atoms with van der Waals surface area (Å²) in [7, 11) is 1.56. The Morgan fingerprint density at radius 2 is 2.35 bits per heavy atom. The summed E-state index contributed by atoms with van der Waals surface area (Å²) in [5.74, 6) is 0.469. The molecule has 4 nitrogen and oxygen atoms in total. The summed E-state index contributed by atoms with van der Waals surface area (Å²) in [5.41, 5.74) is 0.542. The van der Waals surface area contributed by atoms with E-state index in [1.807, 2.05) is 6.92 Å². The van der Waals surface area contributed by atoms with Crippen molar-refractivity contribution in [1.82, 2.24) is 5.32 Å². The zero-order valence-corrected chi connectivity index (χ0v) is 10.1. The van der Waals surface area contributed by atoms with E-state index in [-0.39, 0.29) is 11.9 Å². The second-order valence-corrected chi connectivity index (χ2v) is 3.67. The maximum Gasteiger partial charge on any atom is 0.251 e. The number of hydrogen-bond acceptors (Lipinski definition) is 3. The van der Waals surface area contributed by atoms with Crippen LogP contribution in [0.5, 0.6) is 5.75 Å². The molecule has 1 rings (SSSR count). The van der Waals surface area contributed by atoms with Gasteiger partial charge in [0.15, 0.2) is 0 Å². The first-order valence-electron chi connectivity index (χ1n) is 5.53. The fourth-order valence-corrected chi connectivity index (χ4v) is 1.44. The molecule has 1 atom stereocenters. The largest absolute Gasteiger partial charge is 0.497 e. The molecular weight excluding hydrogens is 216 g/mol. The Morgan fingerprint density at radius 3 is 2.94 bits per heavy atom. The Balaban J connectivity index is 2.72. The first kappa shape index (κ1) is 13.0. The summed E-state index contributed by atoms with van der Waals surface area (Å²) in [6, 6.07) is 8.90. The third kappa shape index (κ3) is 3.80. The van der Waals surface area contributed by atoms with E-state index in [2.05, 4.69) is 11.4 Å². The van der Waals surface area contributed by atoms with Gasteiger partial charge in [0.05, 0.1) is 19.6 Å². The molecule has 0 aliphatic rings. The van der Waals surface area contributed by atoms with Crippen molar-refractivity contribution in [3.63, 3.8) is 0 Å². The lowest BCUT2D eigenvalue weighted by Crippen LogP contribution is -2.34. The van der Waals surface area contributed by atoms with Crippen LogP contribution in [0.2, 0.25) is 0 Å². The van der Waals surface area contributed by atoms with E-state index < -0.39 is 0 Å². The highest BCUT2D eigenvalue weighted by atomic mass is 16.5. The molecule has 0 radical (unpaired) electrons. The minimum Gasteiger partial charge on any atom is -0.497 e. The summed E-state index contributed by atoms with van der Waals surface area (Å²) in [5, 5.41) is 11.4. The Morgan fingerprint density at radius 1 is 1.59 bits per heavy atom. The van der Waals surface area contributed by atoms with Crippen LogP contribution >= 0.6 is 0 Å². The Kier molecular flexibility index (Phi) is 5.02. The molecule has 1 aromatic rings. The predicted molar refractivity (Wildman–Crippen MR) is 64.8 cm³/mol. The van der Waals surface area contributed by atoms with Crippen LogP contribution in [-0.4, -0.2) is 19.1 Å². The molecule has 0 aliphatic carbocycles. The van der Waals surface area contributed by atoms with Gasteiger partial charge in [0.2, 0.25) is 0 Å². The molecule has 0 aromatic heterocycles. The molecule has 0 bridgehead atoms. The monoisotopic (exact) mass is 232 g/mol. The van der Waals surface area contributed by atoms with Crippen LogP contribution in [0.1, 0.15) is 30.1 Å². The highest BCUT2D eigenvalue weighted by Gasteiger charge is 2.12. The van der Waals surface area contributed by atoms with E-state index in [1.165, 1.54) is 0 Å². The van der Waals surface area contributed by atoms with E-state index in [0.717, 1.165) is 6.42 Å². The van der Waals surface area contributed by atoms with Crippen LogP contribution in [0.15, 0.2) is 24.3 Å². The van der Waals surface area contributed by atoms with E-state index in [1.54, 1.807) is 31.4 Å². The second-order valence-electron chi connectivity index (χ2n) is 3.67. The minimum absolute atomic E-state index is 0.0984. The molecule has 1 unspecified atom stereocenters. The molecule has 0 spiro atoms. The Bertz CT molecular complexity index is 424. The Hall–Kier alpha value is -2.02. The van der Waals surface area contributed by atoms with Crippen LogP contribution in [-0.2, 0) is 0 Å². The van der Waals surface area contributed by atoms with Gasteiger partial charge in [0.1, 0.15) is 5.75 Å². The number of nitrogens with zero attached hydrogens (tertiary/aromatic N) is 1. The van der Waals surface area contributed by atoms with Crippen molar-refractivity contribution >= 4 is 5.91 Å². The number of nitrogens with one attached hydrogen (secondary N) is 1. The SMILES string of the molecule is CCC(CC#N)NC(=O)c1cccc(OC)c1. The molecule has 0 fully saturated rings. The van der Waals surface area contributed by atoms with Crippen LogP contribution < -0.4 is 10.1 Å². The van der Waals surface area contributed by atoms with E-state index in [4.69, 9.17) is 10.00 Å². The zero-order chi connectivity index (χ0) is 12.7. The van der Waals surface area contributed by atoms with Gasteiger partial charge in [0, 0.05) is 11.6 Å². The van der Waals surface area contributed by atoms with Crippen molar-refractivity contribution in [1.29, 1.82) is 5.26 Å². The van der Waals surface area contributed by atoms with Crippen LogP contribution in [0.4, 0.5) is 0 Å². The lowest BCUT2D eigenvalue weighted by Gasteiger charge is -2.13. The number of benzene rings is 1. The molecule has 17 heavy (non-hydrogen) atoms. The maximum absolute atomic E-state index is 11.9. The molecule has 1 N–H and O–H groups in total. The number of nitriles is 1. The molecular formula is C13H16N2O2. The minimum atomic E-state index is -0.175. The van der Waals surface area contributed by atoms with Gasteiger partial charge < -0.3 is 10.1 Å². The van der Waals surface area contributed by atoms with Crippen LogP contribution in [0.25, 0.3) is 0 Å². The second kappa shape index (κ2) is 6.54. The summed E-state index contributed by atoms with van der Waals surface area (Å²) in [6.07, 6.45) is 1.06. The van der Waals surface area contributed by atoms with Crippen molar-refractivity contribution in [3.8, 4) is 11.8 Å². The molecule has 1 aromatic carbocycles. The number of hydrogen-bond donors (Lipinski definition) is 1. The summed E-state index contributed by atoms with van der Waals surface area (Å²) >= 11 is 0. The van der Waals surface area contributed by atoms with Crippen molar-refractivity contribution in [2.75, 3.05) is 7.11 Å². The third-order valence-electron chi connectivity index (χ3n) is 2.50. The topological polar surface area (TPSA) is 62.1 Å². The van der Waals surface area contributed by atoms with Crippen LogP contribution in [0.3, 0.4) is 0 Å². The third-order valence-corrected chi connectivity index (χ3v) is 2.50.